The van der Waals surface area contributed by atoms with Crippen LogP contribution in [-0.4, -0.2) is 12.5 Å². The van der Waals surface area contributed by atoms with Gasteiger partial charge in [0.05, 0.1) is 0 Å². The summed E-state index contributed by atoms with van der Waals surface area (Å²) in [6.45, 7) is 0.856. The van der Waals surface area contributed by atoms with Gasteiger partial charge in [-0.05, 0) is 31.0 Å². The molecule has 2 rings (SSSR count). The predicted molar refractivity (Wildman–Crippen MR) is 65.0 cm³/mol. The summed E-state index contributed by atoms with van der Waals surface area (Å²) >= 11 is 3.43. The summed E-state index contributed by atoms with van der Waals surface area (Å²) in [6.07, 6.45) is 3.99. The van der Waals surface area contributed by atoms with Gasteiger partial charge in [-0.25, -0.2) is 0 Å². The van der Waals surface area contributed by atoms with Crippen LogP contribution in [0.4, 0.5) is 5.69 Å². The fourth-order valence-electron chi connectivity index (χ4n) is 1.90. The Balaban J connectivity index is 2.24. The maximum absolute atomic E-state index is 11.8. The molecule has 2 nitrogen and oxygen atoms in total. The molecule has 3 heteroatoms. The van der Waals surface area contributed by atoms with Gasteiger partial charge in [0.1, 0.15) is 0 Å². The first kappa shape index (κ1) is 10.7. The van der Waals surface area contributed by atoms with Gasteiger partial charge in [0.15, 0.2) is 0 Å². The minimum atomic E-state index is 0.255. The minimum Gasteiger partial charge on any atom is -0.312 e. The summed E-state index contributed by atoms with van der Waals surface area (Å²) in [5.74, 6) is 0.255. The van der Waals surface area contributed by atoms with Crippen molar-refractivity contribution in [2.75, 3.05) is 11.4 Å². The molecule has 0 aliphatic carbocycles. The zero-order valence-corrected chi connectivity index (χ0v) is 10.2. The third-order valence-electron chi connectivity index (χ3n) is 2.69. The summed E-state index contributed by atoms with van der Waals surface area (Å²) in [4.78, 5) is 13.7. The average Bonchev–Trinajstić information content (AvgIpc) is 2.43. The summed E-state index contributed by atoms with van der Waals surface area (Å²) in [5, 5.41) is 0. The van der Waals surface area contributed by atoms with Crippen LogP contribution in [0.25, 0.3) is 0 Å². The van der Waals surface area contributed by atoms with E-state index in [4.69, 9.17) is 0 Å². The third-order valence-corrected chi connectivity index (χ3v) is 3.19. The summed E-state index contributed by atoms with van der Waals surface area (Å²) in [6, 6.07) is 7.95. The van der Waals surface area contributed by atoms with Gasteiger partial charge in [0.25, 0.3) is 0 Å². The number of halogens is 1. The maximum Gasteiger partial charge on any atom is 0.226 e. The first-order valence-electron chi connectivity index (χ1n) is 5.33. The highest BCUT2D eigenvalue weighted by Gasteiger charge is 2.17. The minimum absolute atomic E-state index is 0.255. The Kier molecular flexibility index (Phi) is 3.41. The fourth-order valence-corrected chi connectivity index (χ4v) is 2.29. The molecule has 15 heavy (non-hydrogen) atoms. The van der Waals surface area contributed by atoms with Crippen LogP contribution in [0.15, 0.2) is 28.7 Å². The van der Waals surface area contributed by atoms with Crippen molar-refractivity contribution >= 4 is 27.5 Å². The SMILES string of the molecule is O=C1CCCCCN1c1cccc(Br)c1. The van der Waals surface area contributed by atoms with Gasteiger partial charge < -0.3 is 4.90 Å². The average molecular weight is 268 g/mol. The Hall–Kier alpha value is -0.830. The second-order valence-corrected chi connectivity index (χ2v) is 4.75. The molecule has 1 saturated heterocycles. The number of amides is 1. The normalized spacial score (nSPS) is 17.7. The van der Waals surface area contributed by atoms with Crippen LogP contribution in [-0.2, 0) is 4.79 Å². The zero-order valence-electron chi connectivity index (χ0n) is 8.58. The first-order valence-corrected chi connectivity index (χ1v) is 6.12. The molecule has 80 valence electrons. The second-order valence-electron chi connectivity index (χ2n) is 3.84. The van der Waals surface area contributed by atoms with Crippen molar-refractivity contribution in [3.63, 3.8) is 0 Å². The van der Waals surface area contributed by atoms with E-state index in [-0.39, 0.29) is 5.91 Å². The Morgan fingerprint density at radius 2 is 2.07 bits per heavy atom. The van der Waals surface area contributed by atoms with Gasteiger partial charge in [-0.2, -0.15) is 0 Å². The zero-order chi connectivity index (χ0) is 10.7. The van der Waals surface area contributed by atoms with Crippen molar-refractivity contribution in [3.05, 3.63) is 28.7 Å². The topological polar surface area (TPSA) is 20.3 Å². The monoisotopic (exact) mass is 267 g/mol. The lowest BCUT2D eigenvalue weighted by atomic mass is 10.2. The lowest BCUT2D eigenvalue weighted by Crippen LogP contribution is -2.29. The first-order chi connectivity index (χ1) is 7.27. The van der Waals surface area contributed by atoms with Crippen LogP contribution in [0, 0.1) is 0 Å². The number of carbonyl (C=O) groups is 1. The van der Waals surface area contributed by atoms with E-state index in [2.05, 4.69) is 15.9 Å². The van der Waals surface area contributed by atoms with E-state index >= 15 is 0 Å². The highest BCUT2D eigenvalue weighted by molar-refractivity contribution is 9.10. The molecule has 0 N–H and O–H groups in total. The smallest absolute Gasteiger partial charge is 0.226 e. The molecule has 1 aliphatic heterocycles. The Morgan fingerprint density at radius 1 is 1.20 bits per heavy atom. The van der Waals surface area contributed by atoms with Gasteiger partial charge in [-0.1, -0.05) is 28.4 Å². The van der Waals surface area contributed by atoms with Crippen LogP contribution in [0.3, 0.4) is 0 Å². The van der Waals surface area contributed by atoms with Crippen molar-refractivity contribution in [3.8, 4) is 0 Å². The van der Waals surface area contributed by atoms with Gasteiger partial charge in [0.2, 0.25) is 5.91 Å². The number of hydrogen-bond acceptors (Lipinski definition) is 1. The molecule has 0 unspecified atom stereocenters. The van der Waals surface area contributed by atoms with E-state index in [1.807, 2.05) is 29.2 Å². The molecule has 1 aromatic carbocycles. The summed E-state index contributed by atoms with van der Waals surface area (Å²) in [5.41, 5.74) is 1.01. The number of carbonyl (C=O) groups excluding carboxylic acids is 1. The van der Waals surface area contributed by atoms with Crippen molar-refractivity contribution in [1.29, 1.82) is 0 Å². The van der Waals surface area contributed by atoms with E-state index in [0.29, 0.717) is 6.42 Å². The maximum atomic E-state index is 11.8. The third kappa shape index (κ3) is 2.59. The molecule has 0 saturated carbocycles. The highest BCUT2D eigenvalue weighted by atomic mass is 79.9. The Bertz CT molecular complexity index is 364. The van der Waals surface area contributed by atoms with E-state index in [1.54, 1.807) is 0 Å². The fraction of sp³-hybridized carbons (Fsp3) is 0.417. The van der Waals surface area contributed by atoms with Crippen LogP contribution in [0.2, 0.25) is 0 Å². The van der Waals surface area contributed by atoms with E-state index in [0.717, 1.165) is 36.0 Å². The molecule has 0 spiro atoms. The van der Waals surface area contributed by atoms with Gasteiger partial charge in [-0.3, -0.25) is 4.79 Å². The molecule has 1 heterocycles. The van der Waals surface area contributed by atoms with Crippen molar-refractivity contribution in [2.45, 2.75) is 25.7 Å². The van der Waals surface area contributed by atoms with Gasteiger partial charge in [0, 0.05) is 23.1 Å². The molecule has 1 aromatic rings. The lowest BCUT2D eigenvalue weighted by Gasteiger charge is -2.20. The van der Waals surface area contributed by atoms with Crippen molar-refractivity contribution in [1.82, 2.24) is 0 Å². The van der Waals surface area contributed by atoms with Crippen LogP contribution < -0.4 is 4.90 Å². The molecule has 1 aliphatic rings. The number of anilines is 1. The molecule has 0 bridgehead atoms. The molecular weight excluding hydrogens is 254 g/mol. The Morgan fingerprint density at radius 3 is 2.87 bits per heavy atom. The highest BCUT2D eigenvalue weighted by Crippen LogP contribution is 2.23. The van der Waals surface area contributed by atoms with Crippen molar-refractivity contribution < 1.29 is 4.79 Å². The Labute approximate surface area is 98.4 Å². The quantitative estimate of drug-likeness (QED) is 0.764. The predicted octanol–water partition coefficient (Wildman–Crippen LogP) is 3.36. The number of benzene rings is 1. The molecule has 0 radical (unpaired) electrons. The van der Waals surface area contributed by atoms with Crippen LogP contribution in [0.5, 0.6) is 0 Å². The molecule has 0 aromatic heterocycles. The molecule has 1 fully saturated rings. The van der Waals surface area contributed by atoms with E-state index < -0.39 is 0 Å². The number of rotatable bonds is 1. The van der Waals surface area contributed by atoms with Crippen LogP contribution in [0.1, 0.15) is 25.7 Å². The summed E-state index contributed by atoms with van der Waals surface area (Å²) in [7, 11) is 0. The van der Waals surface area contributed by atoms with E-state index in [9.17, 15) is 4.79 Å². The largest absolute Gasteiger partial charge is 0.312 e. The van der Waals surface area contributed by atoms with E-state index in [1.165, 1.54) is 0 Å². The number of nitrogens with zero attached hydrogens (tertiary/aromatic N) is 1. The standard InChI is InChI=1S/C12H14BrNO/c13-10-5-4-6-11(9-10)14-8-3-1-2-7-12(14)15/h4-6,9H,1-3,7-8H2. The van der Waals surface area contributed by atoms with Crippen LogP contribution >= 0.6 is 15.9 Å². The molecule has 0 atom stereocenters. The molecular formula is C12H14BrNO. The van der Waals surface area contributed by atoms with Crippen molar-refractivity contribution in [2.24, 2.45) is 0 Å². The lowest BCUT2D eigenvalue weighted by molar-refractivity contribution is -0.118. The summed E-state index contributed by atoms with van der Waals surface area (Å²) < 4.78 is 1.03. The van der Waals surface area contributed by atoms with Gasteiger partial charge in [-0.15, -0.1) is 0 Å². The number of hydrogen-bond donors (Lipinski definition) is 0. The molecule has 1 amide bonds. The van der Waals surface area contributed by atoms with Gasteiger partial charge >= 0.3 is 0 Å². The second kappa shape index (κ2) is 4.79.